The molecule has 12 N–H and O–H groups in total. The van der Waals surface area contributed by atoms with E-state index in [4.69, 9.17) is 40.3 Å². The number of carbonyl (C=O) groups is 2. The third-order valence-corrected chi connectivity index (χ3v) is 29.1. The van der Waals surface area contributed by atoms with Gasteiger partial charge in [-0.2, -0.15) is 10.2 Å². The minimum Gasteiger partial charge on any atom is -0.400 e. The number of halogens is 4. The number of nitrogen functional groups attached to an aromatic ring is 2. The van der Waals surface area contributed by atoms with Crippen LogP contribution in [0.3, 0.4) is 0 Å². The summed E-state index contributed by atoms with van der Waals surface area (Å²) in [6.07, 6.45) is 29.1. The maximum Gasteiger partial charge on any atom is 0.120 e. The van der Waals surface area contributed by atoms with Gasteiger partial charge in [0.25, 0.3) is 0 Å². The summed E-state index contributed by atoms with van der Waals surface area (Å²) < 4.78 is 0. The van der Waals surface area contributed by atoms with Gasteiger partial charge in [-0.15, -0.1) is 0 Å². The van der Waals surface area contributed by atoms with Crippen molar-refractivity contribution in [3.63, 3.8) is 0 Å². The van der Waals surface area contributed by atoms with E-state index < -0.39 is 0 Å². The number of hydrogen-bond acceptors (Lipinski definition) is 11. The molecule has 13 nitrogen and oxygen atoms in total. The molecule has 6 fully saturated rings. The number of aliphatic imine (C=N–C) groups is 2. The van der Waals surface area contributed by atoms with Crippen LogP contribution in [0.4, 0.5) is 11.6 Å². The van der Waals surface area contributed by atoms with Crippen molar-refractivity contribution in [2.45, 2.75) is 237 Å². The second-order valence-corrected chi connectivity index (χ2v) is 51.0. The van der Waals surface area contributed by atoms with Crippen molar-refractivity contribution < 1.29 is 22.8 Å². The normalized spacial score (nSPS) is 40.8. The van der Waals surface area contributed by atoms with Crippen molar-refractivity contribution >= 4 is 83.2 Å². The van der Waals surface area contributed by atoms with E-state index >= 15 is 0 Å². The summed E-state index contributed by atoms with van der Waals surface area (Å²) in [5, 5.41) is 15.6. The summed E-state index contributed by atoms with van der Waals surface area (Å²) in [4.78, 5) is 35.6. The molecular formula is C72H110ClI3N11O2-. The first kappa shape index (κ1) is 69.4. The van der Waals surface area contributed by atoms with Crippen LogP contribution in [0.2, 0.25) is 0 Å². The Labute approximate surface area is 569 Å². The fourth-order valence-corrected chi connectivity index (χ4v) is 24.0. The molecule has 6 saturated carbocycles. The number of nitrogens with zero attached hydrogens (tertiary/aromatic N) is 4. The summed E-state index contributed by atoms with van der Waals surface area (Å²) in [6, 6.07) is 0. The van der Waals surface area contributed by atoms with Gasteiger partial charge in [0.15, 0.2) is 0 Å². The molecule has 0 spiro atoms. The van der Waals surface area contributed by atoms with Crippen molar-refractivity contribution in [1.82, 2.24) is 20.4 Å². The quantitative estimate of drug-likeness (QED) is 0.0873. The maximum absolute atomic E-state index is 14.4. The van der Waals surface area contributed by atoms with Gasteiger partial charge in [-0.3, -0.25) is 29.8 Å². The number of H-pyrrole nitrogens is 2. The van der Waals surface area contributed by atoms with Crippen LogP contribution in [-0.4, -0.2) is 56.2 Å². The number of ketones is 1. The molecule has 0 bridgehead atoms. The van der Waals surface area contributed by atoms with E-state index in [2.05, 4.69) is 177 Å². The van der Waals surface area contributed by atoms with Crippen LogP contribution in [0.25, 0.3) is 0 Å². The number of aromatic amines is 2. The topological polar surface area (TPSA) is 246 Å². The number of amidine groups is 2. The number of anilines is 2. The monoisotopic (exact) mass is 1580 g/mol. The summed E-state index contributed by atoms with van der Waals surface area (Å²) in [7, 11) is 0. The van der Waals surface area contributed by atoms with Gasteiger partial charge in [-0.1, -0.05) is 128 Å². The summed E-state index contributed by atoms with van der Waals surface area (Å²) in [6.45, 7) is 36.0. The van der Waals surface area contributed by atoms with Crippen molar-refractivity contribution in [1.29, 1.82) is 0 Å². The number of allylic oxidation sites excluding steroid dienone is 4. The SMILES string of the molecule is C.CC1(C)CC[C@]2(C(=O)CC3=CC(N)=NC3)CC[C@]3(C)C(=CCC4[C@@]5(C)Cc6c(N)n[nH]c6C(C)(C)C5CC[C@]43C)C2C1.CC1(C)CC[C@]2(C(=O)Cl)CC[C@]3(C)C(=CCC4[C@@]5(C)Cc6c(N)n[nH]c6C(C)(C)C5CC[C@]43C)C2C1.I[I-]I.NC1=CC(N)=NC1. The molecule has 14 atom stereocenters. The first-order valence-corrected chi connectivity index (χ1v) is 46.3. The first-order chi connectivity index (χ1) is 40.9. The van der Waals surface area contributed by atoms with E-state index in [-0.39, 0.29) is 83.6 Å². The van der Waals surface area contributed by atoms with Gasteiger partial charge in [-0.05, 0) is 218 Å². The van der Waals surface area contributed by atoms with Gasteiger partial charge in [0, 0.05) is 57.0 Å². The number of rotatable bonds is 4. The van der Waals surface area contributed by atoms with E-state index in [1.807, 2.05) is 6.08 Å². The van der Waals surface area contributed by atoms with Crippen LogP contribution >= 0.6 is 48.8 Å². The minimum absolute atomic E-state index is 0. The van der Waals surface area contributed by atoms with Crippen LogP contribution < -0.4 is 41.9 Å². The summed E-state index contributed by atoms with van der Waals surface area (Å²) >= 11 is 11.8. The Kier molecular flexibility index (Phi) is 18.3. The third kappa shape index (κ3) is 10.6. The molecule has 0 aromatic carbocycles. The van der Waals surface area contributed by atoms with E-state index in [9.17, 15) is 9.59 Å². The fraction of sp³-hybridized carbons (Fsp3) is 0.750. The Bertz CT molecular complexity index is 3350. The molecule has 14 rings (SSSR count). The number of aromatic nitrogens is 4. The molecule has 2 aromatic rings. The summed E-state index contributed by atoms with van der Waals surface area (Å²) in [5.41, 5.74) is 40.3. The number of hydrogen-bond donors (Lipinski definition) is 7. The van der Waals surface area contributed by atoms with E-state index in [1.54, 1.807) is 17.2 Å². The molecule has 0 radical (unpaired) electrons. The average molecular weight is 1580 g/mol. The molecule has 494 valence electrons. The molecule has 0 amide bonds. The van der Waals surface area contributed by atoms with Gasteiger partial charge in [0.1, 0.15) is 29.1 Å². The molecule has 17 heteroatoms. The largest absolute Gasteiger partial charge is 0.400 e. The first-order valence-electron chi connectivity index (χ1n) is 33.3. The Morgan fingerprint density at radius 2 is 0.978 bits per heavy atom. The minimum atomic E-state index is -0.361. The maximum atomic E-state index is 14.4. The molecular weight excluding hydrogens is 1470 g/mol. The van der Waals surface area contributed by atoms with Crippen LogP contribution in [0.15, 0.2) is 56.7 Å². The Hall–Kier alpha value is -2.46. The third-order valence-electron chi connectivity index (χ3n) is 28.7. The number of Topliss-reactive ketones (excluding diaryl/α,β-unsaturated/α-hetero) is 1. The van der Waals surface area contributed by atoms with Gasteiger partial charge in [-0.25, -0.2) is 0 Å². The Morgan fingerprint density at radius 3 is 1.37 bits per heavy atom. The second-order valence-electron chi connectivity index (χ2n) is 34.4. The molecule has 89 heavy (non-hydrogen) atoms. The zero-order valence-corrected chi connectivity index (χ0v) is 62.9. The van der Waals surface area contributed by atoms with Gasteiger partial charge < -0.3 is 28.7 Å². The van der Waals surface area contributed by atoms with Crippen molar-refractivity contribution in [2.24, 2.45) is 117 Å². The van der Waals surface area contributed by atoms with Gasteiger partial charge in [0.05, 0.1) is 18.5 Å². The second kappa shape index (κ2) is 23.4. The van der Waals surface area contributed by atoms with Crippen molar-refractivity contribution in [3.8, 4) is 0 Å². The van der Waals surface area contributed by atoms with Gasteiger partial charge in [0.2, 0.25) is 5.24 Å². The molecule has 4 heterocycles. The predicted molar refractivity (Wildman–Crippen MR) is 380 cm³/mol. The fourth-order valence-electron chi connectivity index (χ4n) is 23.7. The summed E-state index contributed by atoms with van der Waals surface area (Å²) in [5.74, 6) is 5.88. The average Bonchev–Trinajstić information content (AvgIpc) is 0.876. The van der Waals surface area contributed by atoms with E-state index in [0.29, 0.717) is 91.4 Å². The standard InChI is InChI=1S/C36H53N5O.C31H46ClN3O.C4H7N3.CH4.I3/c1-31(2)12-14-36(27(42)16-21-17-28(37)39-20-21)15-13-34(6)23(24(36)19-31)8-9-26-33(5)18-22-29(40-41-30(22)38)32(3,4)25(33)10-11-35(26,34)7;1-26(2)12-14-31(25(32)36)15-13-29(6)19(20(31)17-26)8-9-22-28(5)16-18-23(34-35-24(18)33)27(3,4)21(28)10-11-30(22,29)7;5-3-1-4(6)7-2-3;;1-3-2/h8,17,24-26H,9-16,18-20H2,1-7H3,(H2,37,39)(H3,38,40,41);8,20-22H,9-17H2,1-7H3,(H3,33,34,35);1H,2,5H2,(H2,6,7);1H4;/q;;;;-1/t24?,25?,26?,33-,34+,35+,36-;20?,21?,22?,28-,29+,30+,31-;;;/m00.../s1. The van der Waals surface area contributed by atoms with Crippen LogP contribution in [0.1, 0.15) is 236 Å². The smallest absolute Gasteiger partial charge is 0.120 e. The van der Waals surface area contributed by atoms with Crippen molar-refractivity contribution in [2.75, 3.05) is 24.6 Å². The molecule has 0 saturated heterocycles. The predicted octanol–water partition coefficient (Wildman–Crippen LogP) is 13.2. The van der Waals surface area contributed by atoms with E-state index in [0.717, 1.165) is 101 Å². The van der Waals surface area contributed by atoms with Crippen molar-refractivity contribution in [3.05, 3.63) is 69.2 Å². The zero-order chi connectivity index (χ0) is 64.2. The number of carbonyl (C=O) groups excluding carboxylic acids is 2. The molecule has 10 aliphatic carbocycles. The zero-order valence-electron chi connectivity index (χ0n) is 55.6. The van der Waals surface area contributed by atoms with Crippen LogP contribution in [0.5, 0.6) is 0 Å². The Morgan fingerprint density at radius 1 is 0.573 bits per heavy atom. The number of fused-ring (bicyclic) bond motifs is 16. The molecule has 6 unspecified atom stereocenters. The number of nitrogens with two attached hydrogens (primary N) is 5. The van der Waals surface area contributed by atoms with Crippen LogP contribution in [-0.2, 0) is 33.3 Å². The Balaban J connectivity index is 0.000000170. The van der Waals surface area contributed by atoms with Crippen LogP contribution in [0, 0.1) is 89.7 Å². The molecule has 2 aromatic heterocycles. The molecule has 2 aliphatic heterocycles. The van der Waals surface area contributed by atoms with E-state index in [1.165, 1.54) is 48.2 Å². The van der Waals surface area contributed by atoms with Gasteiger partial charge >= 0.3 is 50.5 Å². The molecule has 12 aliphatic rings. The number of nitrogens with one attached hydrogen (secondary N) is 2.